The van der Waals surface area contributed by atoms with Crippen molar-refractivity contribution in [2.75, 3.05) is 32.9 Å². The van der Waals surface area contributed by atoms with Gasteiger partial charge >= 0.3 is 6.03 Å². The van der Waals surface area contributed by atoms with Crippen molar-refractivity contribution in [3.8, 4) is 23.0 Å². The van der Waals surface area contributed by atoms with Crippen LogP contribution >= 0.6 is 0 Å². The number of carbonyl (C=O) groups excluding carboxylic acids is 2. The fraction of sp³-hybridized carbons (Fsp3) is 0.364. The Bertz CT molecular complexity index is 1010. The summed E-state index contributed by atoms with van der Waals surface area (Å²) in [7, 11) is 3.18. The van der Waals surface area contributed by atoms with E-state index in [0.29, 0.717) is 48.2 Å². The average molecular weight is 427 g/mol. The van der Waals surface area contributed by atoms with Crippen molar-refractivity contribution >= 4 is 17.6 Å². The van der Waals surface area contributed by atoms with Crippen LogP contribution in [-0.4, -0.2) is 50.4 Å². The Kier molecular flexibility index (Phi) is 5.75. The van der Waals surface area contributed by atoms with Gasteiger partial charge < -0.3 is 34.5 Å². The van der Waals surface area contributed by atoms with Crippen molar-refractivity contribution in [1.82, 2.24) is 10.2 Å². The van der Waals surface area contributed by atoms with Crippen molar-refractivity contribution in [2.45, 2.75) is 25.9 Å². The maximum atomic E-state index is 12.7. The molecule has 3 amide bonds. The predicted octanol–water partition coefficient (Wildman–Crippen LogP) is 2.53. The van der Waals surface area contributed by atoms with Crippen molar-refractivity contribution in [1.29, 1.82) is 0 Å². The molecule has 0 fully saturated rings. The molecule has 0 unspecified atom stereocenters. The number of carbonyl (C=O) groups is 2. The van der Waals surface area contributed by atoms with Crippen molar-refractivity contribution in [3.63, 3.8) is 0 Å². The first kappa shape index (κ1) is 20.6. The molecule has 2 N–H and O–H groups in total. The Balaban J connectivity index is 1.36. The first-order chi connectivity index (χ1) is 15.0. The normalized spacial score (nSPS) is 15.0. The molecule has 31 heavy (non-hydrogen) atoms. The number of amides is 3. The Morgan fingerprint density at radius 3 is 2.48 bits per heavy atom. The molecule has 4 rings (SSSR count). The zero-order valence-electron chi connectivity index (χ0n) is 17.7. The second-order valence-corrected chi connectivity index (χ2v) is 7.38. The van der Waals surface area contributed by atoms with Crippen LogP contribution in [0.25, 0.3) is 0 Å². The van der Waals surface area contributed by atoms with Gasteiger partial charge in [0.05, 0.1) is 14.2 Å². The number of methoxy groups -OCH3 is 2. The molecule has 0 saturated carbocycles. The van der Waals surface area contributed by atoms with E-state index >= 15 is 0 Å². The van der Waals surface area contributed by atoms with Gasteiger partial charge in [0.1, 0.15) is 6.04 Å². The molecule has 2 aromatic rings. The third-order valence-corrected chi connectivity index (χ3v) is 5.38. The Hall–Kier alpha value is -3.62. The number of fused-ring (bicyclic) bond motifs is 2. The quantitative estimate of drug-likeness (QED) is 0.761. The summed E-state index contributed by atoms with van der Waals surface area (Å²) in [5.74, 6) is 2.19. The van der Waals surface area contributed by atoms with E-state index in [1.165, 1.54) is 0 Å². The second kappa shape index (κ2) is 8.63. The van der Waals surface area contributed by atoms with Crippen LogP contribution < -0.4 is 29.6 Å². The van der Waals surface area contributed by atoms with Gasteiger partial charge in [-0.05, 0) is 48.7 Å². The summed E-state index contributed by atoms with van der Waals surface area (Å²) in [5, 5.41) is 5.55. The van der Waals surface area contributed by atoms with E-state index in [-0.39, 0.29) is 18.7 Å². The third-order valence-electron chi connectivity index (χ3n) is 5.38. The highest BCUT2D eigenvalue weighted by Gasteiger charge is 2.25. The van der Waals surface area contributed by atoms with E-state index in [1.54, 1.807) is 44.2 Å². The van der Waals surface area contributed by atoms with Crippen molar-refractivity contribution in [2.24, 2.45) is 0 Å². The molecule has 0 spiro atoms. The van der Waals surface area contributed by atoms with Crippen LogP contribution in [0, 0.1) is 0 Å². The van der Waals surface area contributed by atoms with Gasteiger partial charge in [0.15, 0.2) is 23.0 Å². The monoisotopic (exact) mass is 427 g/mol. The van der Waals surface area contributed by atoms with Crippen LogP contribution in [0.15, 0.2) is 30.3 Å². The smallest absolute Gasteiger partial charge is 0.318 e. The van der Waals surface area contributed by atoms with Crippen LogP contribution in [0.2, 0.25) is 0 Å². The van der Waals surface area contributed by atoms with Gasteiger partial charge in [-0.3, -0.25) is 4.79 Å². The lowest BCUT2D eigenvalue weighted by molar-refractivity contribution is -0.117. The largest absolute Gasteiger partial charge is 0.493 e. The molecule has 1 atom stereocenters. The van der Waals surface area contributed by atoms with Gasteiger partial charge in [-0.15, -0.1) is 0 Å². The average Bonchev–Trinajstić information content (AvgIpc) is 3.25. The Morgan fingerprint density at radius 1 is 1.03 bits per heavy atom. The number of anilines is 1. The van der Waals surface area contributed by atoms with E-state index in [1.807, 2.05) is 12.1 Å². The topological polar surface area (TPSA) is 98.4 Å². The molecule has 0 radical (unpaired) electrons. The molecule has 0 bridgehead atoms. The Labute approximate surface area is 180 Å². The first-order valence-electron chi connectivity index (χ1n) is 9.98. The number of ether oxygens (including phenoxy) is 4. The predicted molar refractivity (Wildman–Crippen MR) is 113 cm³/mol. The van der Waals surface area contributed by atoms with E-state index < -0.39 is 6.04 Å². The van der Waals surface area contributed by atoms with E-state index in [9.17, 15) is 9.59 Å². The van der Waals surface area contributed by atoms with E-state index in [4.69, 9.17) is 18.9 Å². The minimum atomic E-state index is -0.718. The number of hydrogen-bond acceptors (Lipinski definition) is 6. The molecule has 0 aromatic heterocycles. The Morgan fingerprint density at radius 2 is 1.74 bits per heavy atom. The standard InChI is InChI=1S/C22H25N3O6/c1-13(21(26)24-16-4-5-17-20(10-16)31-12-30-17)23-22(27)25-7-6-14-8-18(28-2)19(29-3)9-15(14)11-25/h4-5,8-10,13H,6-7,11-12H2,1-3H3,(H,23,27)(H,24,26)/t13-/m0/s1. The zero-order chi connectivity index (χ0) is 22.0. The molecule has 0 saturated heterocycles. The molecule has 164 valence electrons. The SMILES string of the molecule is COc1cc2c(cc1OC)CN(C(=O)N[C@@H](C)C(=O)Nc1ccc3c(c1)OCO3)CC2. The van der Waals surface area contributed by atoms with Gasteiger partial charge in [0.2, 0.25) is 12.7 Å². The lowest BCUT2D eigenvalue weighted by Gasteiger charge is -2.30. The number of nitrogens with one attached hydrogen (secondary N) is 2. The zero-order valence-corrected chi connectivity index (χ0v) is 17.7. The van der Waals surface area contributed by atoms with Gasteiger partial charge in [-0.2, -0.15) is 0 Å². The van der Waals surface area contributed by atoms with Crippen LogP contribution in [0.5, 0.6) is 23.0 Å². The minimum absolute atomic E-state index is 0.164. The molecule has 2 heterocycles. The first-order valence-corrected chi connectivity index (χ1v) is 9.98. The van der Waals surface area contributed by atoms with Crippen LogP contribution in [0.3, 0.4) is 0 Å². The highest BCUT2D eigenvalue weighted by Crippen LogP contribution is 2.34. The second-order valence-electron chi connectivity index (χ2n) is 7.38. The van der Waals surface area contributed by atoms with Crippen LogP contribution in [-0.2, 0) is 17.8 Å². The fourth-order valence-electron chi connectivity index (χ4n) is 3.62. The molecular formula is C22H25N3O6. The number of urea groups is 1. The minimum Gasteiger partial charge on any atom is -0.493 e. The molecular weight excluding hydrogens is 402 g/mol. The molecule has 9 nitrogen and oxygen atoms in total. The molecule has 2 aliphatic rings. The summed E-state index contributed by atoms with van der Waals surface area (Å²) in [6, 6.07) is 7.98. The number of benzene rings is 2. The maximum Gasteiger partial charge on any atom is 0.318 e. The highest BCUT2D eigenvalue weighted by atomic mass is 16.7. The molecule has 2 aromatic carbocycles. The number of hydrogen-bond donors (Lipinski definition) is 2. The molecule has 2 aliphatic heterocycles. The highest BCUT2D eigenvalue weighted by molar-refractivity contribution is 5.97. The summed E-state index contributed by atoms with van der Waals surface area (Å²) < 4.78 is 21.3. The van der Waals surface area contributed by atoms with Gasteiger partial charge in [0, 0.05) is 24.8 Å². The van der Waals surface area contributed by atoms with Crippen LogP contribution in [0.1, 0.15) is 18.1 Å². The number of rotatable bonds is 5. The van der Waals surface area contributed by atoms with E-state index in [2.05, 4.69) is 10.6 Å². The fourth-order valence-corrected chi connectivity index (χ4v) is 3.62. The third kappa shape index (κ3) is 4.30. The lowest BCUT2D eigenvalue weighted by Crippen LogP contribution is -2.49. The van der Waals surface area contributed by atoms with Crippen molar-refractivity contribution < 1.29 is 28.5 Å². The van der Waals surface area contributed by atoms with Gasteiger partial charge in [-0.25, -0.2) is 4.79 Å². The van der Waals surface area contributed by atoms with Crippen LogP contribution in [0.4, 0.5) is 10.5 Å². The summed E-state index contributed by atoms with van der Waals surface area (Å²) in [6.45, 7) is 2.78. The molecule has 0 aliphatic carbocycles. The van der Waals surface area contributed by atoms with Gasteiger partial charge in [0.25, 0.3) is 0 Å². The summed E-state index contributed by atoms with van der Waals surface area (Å²) in [4.78, 5) is 27.0. The number of nitrogens with zero attached hydrogens (tertiary/aromatic N) is 1. The lowest BCUT2D eigenvalue weighted by atomic mass is 9.99. The van der Waals surface area contributed by atoms with E-state index in [0.717, 1.165) is 11.1 Å². The molecule has 9 heteroatoms. The summed E-state index contributed by atoms with van der Waals surface area (Å²) in [6.07, 6.45) is 0.695. The maximum absolute atomic E-state index is 12.7. The summed E-state index contributed by atoms with van der Waals surface area (Å²) in [5.41, 5.74) is 2.69. The summed E-state index contributed by atoms with van der Waals surface area (Å²) >= 11 is 0. The van der Waals surface area contributed by atoms with Crippen molar-refractivity contribution in [3.05, 3.63) is 41.5 Å². The van der Waals surface area contributed by atoms with Gasteiger partial charge in [-0.1, -0.05) is 0 Å².